The first-order valence-electron chi connectivity index (χ1n) is 8.72. The molecule has 27 heavy (non-hydrogen) atoms. The van der Waals surface area contributed by atoms with Crippen molar-refractivity contribution in [2.75, 3.05) is 19.0 Å². The summed E-state index contributed by atoms with van der Waals surface area (Å²) in [5.41, 5.74) is 3.69. The third-order valence-electron chi connectivity index (χ3n) is 4.41. The van der Waals surface area contributed by atoms with Gasteiger partial charge in [0.2, 0.25) is 5.95 Å². The molecular formula is C21H20N4O2. The summed E-state index contributed by atoms with van der Waals surface area (Å²) in [6, 6.07) is 17.6. The highest BCUT2D eigenvalue weighted by atomic mass is 16.5. The largest absolute Gasteiger partial charge is 0.495 e. The summed E-state index contributed by atoms with van der Waals surface area (Å²) in [5, 5.41) is 13.7. The molecule has 2 N–H and O–H groups in total. The Bertz CT molecular complexity index is 1070. The summed E-state index contributed by atoms with van der Waals surface area (Å²) in [4.78, 5) is 9.02. The fraction of sp³-hybridized carbons (Fsp3) is 0.143. The van der Waals surface area contributed by atoms with Gasteiger partial charge in [0.15, 0.2) is 0 Å². The number of aromatic nitrogens is 3. The minimum Gasteiger partial charge on any atom is -0.495 e. The number of benzene rings is 2. The fourth-order valence-electron chi connectivity index (χ4n) is 3.18. The van der Waals surface area contributed by atoms with Gasteiger partial charge in [-0.05, 0) is 24.3 Å². The maximum atomic E-state index is 9.35. The van der Waals surface area contributed by atoms with Crippen LogP contribution in [0.1, 0.15) is 0 Å². The zero-order valence-electron chi connectivity index (χ0n) is 15.0. The van der Waals surface area contributed by atoms with Crippen molar-refractivity contribution in [3.63, 3.8) is 0 Å². The molecule has 0 unspecified atom stereocenters. The van der Waals surface area contributed by atoms with Gasteiger partial charge in [0, 0.05) is 35.4 Å². The number of fused-ring (bicyclic) bond motifs is 1. The minimum absolute atomic E-state index is 0.0858. The van der Waals surface area contributed by atoms with E-state index in [1.165, 1.54) is 0 Å². The van der Waals surface area contributed by atoms with Gasteiger partial charge < -0.3 is 19.7 Å². The number of aliphatic hydroxyl groups excluding tert-OH is 1. The van der Waals surface area contributed by atoms with Gasteiger partial charge in [0.25, 0.3) is 0 Å². The monoisotopic (exact) mass is 360 g/mol. The van der Waals surface area contributed by atoms with E-state index < -0.39 is 0 Å². The second kappa shape index (κ2) is 7.47. The maximum Gasteiger partial charge on any atom is 0.227 e. The summed E-state index contributed by atoms with van der Waals surface area (Å²) in [6.45, 7) is 0.625. The number of ether oxygens (including phenoxy) is 1. The Balaban J connectivity index is 1.74. The molecule has 2 heterocycles. The lowest BCUT2D eigenvalue weighted by atomic mass is 10.1. The first-order chi connectivity index (χ1) is 13.3. The average Bonchev–Trinajstić information content (AvgIpc) is 3.08. The molecule has 6 nitrogen and oxygen atoms in total. The first-order valence-corrected chi connectivity index (χ1v) is 8.72. The summed E-state index contributed by atoms with van der Waals surface area (Å²) >= 11 is 0. The van der Waals surface area contributed by atoms with Gasteiger partial charge in [-0.15, -0.1) is 0 Å². The van der Waals surface area contributed by atoms with Gasteiger partial charge in [0.05, 0.1) is 25.1 Å². The second-order valence-corrected chi connectivity index (χ2v) is 6.07. The van der Waals surface area contributed by atoms with E-state index in [2.05, 4.69) is 21.4 Å². The van der Waals surface area contributed by atoms with Crippen molar-refractivity contribution >= 4 is 22.5 Å². The van der Waals surface area contributed by atoms with E-state index in [4.69, 9.17) is 4.74 Å². The van der Waals surface area contributed by atoms with Gasteiger partial charge in [-0.1, -0.05) is 30.3 Å². The van der Waals surface area contributed by atoms with Crippen molar-refractivity contribution in [2.45, 2.75) is 6.54 Å². The highest BCUT2D eigenvalue weighted by Gasteiger charge is 2.12. The van der Waals surface area contributed by atoms with Crippen molar-refractivity contribution in [3.8, 4) is 17.0 Å². The van der Waals surface area contributed by atoms with E-state index in [0.29, 0.717) is 12.5 Å². The van der Waals surface area contributed by atoms with Gasteiger partial charge in [-0.2, -0.15) is 0 Å². The Morgan fingerprint density at radius 2 is 1.89 bits per heavy atom. The molecule has 0 aliphatic rings. The van der Waals surface area contributed by atoms with Crippen molar-refractivity contribution < 1.29 is 9.84 Å². The first kappa shape index (κ1) is 17.1. The number of para-hydroxylation sites is 3. The number of rotatable bonds is 6. The molecular weight excluding hydrogens is 340 g/mol. The minimum atomic E-state index is 0.0858. The van der Waals surface area contributed by atoms with Crippen LogP contribution in [-0.4, -0.2) is 33.4 Å². The van der Waals surface area contributed by atoms with E-state index in [-0.39, 0.29) is 6.61 Å². The van der Waals surface area contributed by atoms with Crippen LogP contribution < -0.4 is 10.1 Å². The summed E-state index contributed by atoms with van der Waals surface area (Å²) in [7, 11) is 1.63. The number of nitrogens with zero attached hydrogens (tertiary/aromatic N) is 3. The van der Waals surface area contributed by atoms with Crippen molar-refractivity contribution in [2.24, 2.45) is 0 Å². The lowest BCUT2D eigenvalue weighted by Crippen LogP contribution is -2.00. The molecule has 0 aliphatic carbocycles. The van der Waals surface area contributed by atoms with Gasteiger partial charge in [0.1, 0.15) is 5.75 Å². The van der Waals surface area contributed by atoms with E-state index in [1.807, 2.05) is 59.3 Å². The predicted octanol–water partition coefficient (Wildman–Crippen LogP) is 3.84. The molecule has 0 amide bonds. The zero-order valence-corrected chi connectivity index (χ0v) is 15.0. The zero-order chi connectivity index (χ0) is 18.6. The summed E-state index contributed by atoms with van der Waals surface area (Å²) < 4.78 is 7.42. The van der Waals surface area contributed by atoms with Crippen LogP contribution >= 0.6 is 0 Å². The van der Waals surface area contributed by atoms with Crippen molar-refractivity contribution in [1.29, 1.82) is 0 Å². The van der Waals surface area contributed by atoms with Crippen molar-refractivity contribution in [1.82, 2.24) is 14.5 Å². The van der Waals surface area contributed by atoms with E-state index in [9.17, 15) is 5.11 Å². The number of methoxy groups -OCH3 is 1. The molecule has 136 valence electrons. The third-order valence-corrected chi connectivity index (χ3v) is 4.41. The molecule has 4 aromatic rings. The number of nitrogens with one attached hydrogen (secondary N) is 1. The molecule has 4 rings (SSSR count). The van der Waals surface area contributed by atoms with Crippen LogP contribution in [0, 0.1) is 0 Å². The van der Waals surface area contributed by atoms with Crippen molar-refractivity contribution in [3.05, 3.63) is 67.0 Å². The molecule has 6 heteroatoms. The molecule has 2 aromatic heterocycles. The molecule has 0 bridgehead atoms. The van der Waals surface area contributed by atoms with Crippen LogP contribution in [0.15, 0.2) is 67.0 Å². The SMILES string of the molecule is COc1ccccc1Nc1nccc(-c2cn(CCO)c3ccccc23)n1. The second-order valence-electron chi connectivity index (χ2n) is 6.07. The molecule has 0 spiro atoms. The summed E-state index contributed by atoms with van der Waals surface area (Å²) in [5.74, 6) is 1.22. The quantitative estimate of drug-likeness (QED) is 0.547. The Kier molecular flexibility index (Phi) is 4.72. The Labute approximate surface area is 157 Å². The van der Waals surface area contributed by atoms with E-state index in [1.54, 1.807) is 13.3 Å². The van der Waals surface area contributed by atoms with Gasteiger partial charge in [-0.3, -0.25) is 0 Å². The molecule has 0 atom stereocenters. The normalized spacial score (nSPS) is 10.9. The predicted molar refractivity (Wildman–Crippen MR) is 106 cm³/mol. The molecule has 0 saturated heterocycles. The molecule has 0 saturated carbocycles. The van der Waals surface area contributed by atoms with Crippen LogP contribution in [0.25, 0.3) is 22.2 Å². The fourth-order valence-corrected chi connectivity index (χ4v) is 3.18. The van der Waals surface area contributed by atoms with Crippen LogP contribution in [0.2, 0.25) is 0 Å². The number of aliphatic hydroxyl groups is 1. The maximum absolute atomic E-state index is 9.35. The highest BCUT2D eigenvalue weighted by Crippen LogP contribution is 2.31. The number of anilines is 2. The summed E-state index contributed by atoms with van der Waals surface area (Å²) in [6.07, 6.45) is 3.76. The standard InChI is InChI=1S/C21H20N4O2/c1-27-20-9-5-3-7-18(20)24-21-22-11-10-17(23-21)16-14-25(12-13-26)19-8-4-2-6-15(16)19/h2-11,14,26H,12-13H2,1H3,(H,22,23,24). The number of hydrogen-bond donors (Lipinski definition) is 2. The van der Waals surface area contributed by atoms with Crippen LogP contribution in [-0.2, 0) is 6.54 Å². The Morgan fingerprint density at radius 3 is 2.74 bits per heavy atom. The van der Waals surface area contributed by atoms with E-state index in [0.717, 1.165) is 33.6 Å². The molecule has 0 fully saturated rings. The topological polar surface area (TPSA) is 72.2 Å². The van der Waals surface area contributed by atoms with E-state index >= 15 is 0 Å². The Morgan fingerprint density at radius 1 is 1.07 bits per heavy atom. The van der Waals surface area contributed by atoms with Gasteiger partial charge in [-0.25, -0.2) is 9.97 Å². The van der Waals surface area contributed by atoms with Crippen LogP contribution in [0.3, 0.4) is 0 Å². The molecule has 0 aliphatic heterocycles. The molecule has 2 aromatic carbocycles. The Hall–Kier alpha value is -3.38. The number of hydrogen-bond acceptors (Lipinski definition) is 5. The van der Waals surface area contributed by atoms with Crippen LogP contribution in [0.4, 0.5) is 11.6 Å². The molecule has 0 radical (unpaired) electrons. The average molecular weight is 360 g/mol. The lowest BCUT2D eigenvalue weighted by molar-refractivity contribution is 0.278. The third kappa shape index (κ3) is 3.35. The van der Waals surface area contributed by atoms with Crippen LogP contribution in [0.5, 0.6) is 5.75 Å². The lowest BCUT2D eigenvalue weighted by Gasteiger charge is -2.10. The highest BCUT2D eigenvalue weighted by molar-refractivity contribution is 5.95. The smallest absolute Gasteiger partial charge is 0.227 e. The van der Waals surface area contributed by atoms with Gasteiger partial charge >= 0.3 is 0 Å².